The highest BCUT2D eigenvalue weighted by Gasteiger charge is 2.59. The van der Waals surface area contributed by atoms with Gasteiger partial charge in [0.2, 0.25) is 0 Å². The number of fused-ring (bicyclic) bond motifs is 1. The first-order valence-electron chi connectivity index (χ1n) is 9.58. The molecule has 4 saturated heterocycles. The van der Waals surface area contributed by atoms with Crippen molar-refractivity contribution in [2.45, 2.75) is 70.0 Å². The van der Waals surface area contributed by atoms with Crippen molar-refractivity contribution in [1.82, 2.24) is 4.90 Å². The third-order valence-corrected chi connectivity index (χ3v) is 5.24. The molecule has 0 radical (unpaired) electrons. The molecule has 0 aliphatic carbocycles. The maximum absolute atomic E-state index is 6.17. The molecule has 150 valence electrons. The molecule has 0 saturated carbocycles. The first-order valence-corrected chi connectivity index (χ1v) is 9.58. The lowest BCUT2D eigenvalue weighted by molar-refractivity contribution is -0.248. The van der Waals surface area contributed by atoms with Gasteiger partial charge in [0.15, 0.2) is 17.9 Å². The second-order valence-electron chi connectivity index (χ2n) is 8.23. The van der Waals surface area contributed by atoms with Gasteiger partial charge in [0.05, 0.1) is 26.4 Å². The Balaban J connectivity index is 1.36. The number of nitrogens with zero attached hydrogens (tertiary/aromatic N) is 1. The lowest BCUT2D eigenvalue weighted by Crippen LogP contribution is -2.40. The van der Waals surface area contributed by atoms with Crippen LogP contribution in [0.3, 0.4) is 0 Å². The highest BCUT2D eigenvalue weighted by atomic mass is 16.8. The largest absolute Gasteiger partial charge is 0.379 e. The third-order valence-electron chi connectivity index (χ3n) is 5.24. The van der Waals surface area contributed by atoms with Gasteiger partial charge in [0.1, 0.15) is 24.4 Å². The van der Waals surface area contributed by atoms with Crippen molar-refractivity contribution in [2.75, 3.05) is 46.1 Å². The molecule has 1 unspecified atom stereocenters. The molecule has 0 aromatic carbocycles. The second-order valence-corrected chi connectivity index (χ2v) is 8.23. The Hall–Kier alpha value is -0.320. The van der Waals surface area contributed by atoms with Crippen LogP contribution in [0.5, 0.6) is 0 Å². The Bertz CT molecular complexity index is 494. The van der Waals surface area contributed by atoms with Crippen LogP contribution in [0, 0.1) is 0 Å². The van der Waals surface area contributed by atoms with Crippen LogP contribution in [0.1, 0.15) is 27.7 Å². The Labute approximate surface area is 154 Å². The van der Waals surface area contributed by atoms with E-state index in [1.54, 1.807) is 0 Å². The van der Waals surface area contributed by atoms with E-state index in [1.807, 2.05) is 27.7 Å². The summed E-state index contributed by atoms with van der Waals surface area (Å²) < 4.78 is 41.5. The van der Waals surface area contributed by atoms with Crippen molar-refractivity contribution >= 4 is 0 Å². The number of ether oxygens (including phenoxy) is 7. The van der Waals surface area contributed by atoms with Gasteiger partial charge in [0, 0.05) is 19.6 Å². The van der Waals surface area contributed by atoms with E-state index in [0.29, 0.717) is 13.2 Å². The summed E-state index contributed by atoms with van der Waals surface area (Å²) in [4.78, 5) is 2.33. The minimum Gasteiger partial charge on any atom is -0.379 e. The number of morpholine rings is 1. The minimum absolute atomic E-state index is 0.192. The molecule has 0 N–H and O–H groups in total. The molecule has 8 nitrogen and oxygen atoms in total. The maximum Gasteiger partial charge on any atom is 0.187 e. The van der Waals surface area contributed by atoms with E-state index in [2.05, 4.69) is 4.90 Å². The summed E-state index contributed by atoms with van der Waals surface area (Å²) in [5, 5.41) is 0. The zero-order chi connectivity index (χ0) is 18.4. The molecule has 26 heavy (non-hydrogen) atoms. The number of hydrogen-bond acceptors (Lipinski definition) is 8. The fourth-order valence-electron chi connectivity index (χ4n) is 4.02. The summed E-state index contributed by atoms with van der Waals surface area (Å²) in [5.41, 5.74) is 0. The highest BCUT2D eigenvalue weighted by molar-refractivity contribution is 4.99. The summed E-state index contributed by atoms with van der Waals surface area (Å²) in [6.07, 6.45) is -1.40. The molecule has 4 aliphatic heterocycles. The third kappa shape index (κ3) is 4.07. The van der Waals surface area contributed by atoms with Gasteiger partial charge in [-0.25, -0.2) is 0 Å². The Morgan fingerprint density at radius 1 is 0.923 bits per heavy atom. The van der Waals surface area contributed by atoms with Crippen molar-refractivity contribution in [3.8, 4) is 0 Å². The van der Waals surface area contributed by atoms with Crippen LogP contribution < -0.4 is 0 Å². The van der Waals surface area contributed by atoms with Gasteiger partial charge in [0.25, 0.3) is 0 Å². The molecule has 0 spiro atoms. The minimum atomic E-state index is -0.655. The van der Waals surface area contributed by atoms with Crippen LogP contribution in [-0.4, -0.2) is 93.2 Å². The molecule has 4 fully saturated rings. The Kier molecular flexibility index (Phi) is 5.31. The van der Waals surface area contributed by atoms with Gasteiger partial charge in [-0.1, -0.05) is 0 Å². The maximum atomic E-state index is 6.17. The van der Waals surface area contributed by atoms with Gasteiger partial charge in [-0.05, 0) is 27.7 Å². The van der Waals surface area contributed by atoms with E-state index in [1.165, 1.54) is 0 Å². The van der Waals surface area contributed by atoms with Crippen LogP contribution >= 0.6 is 0 Å². The molecule has 0 aromatic heterocycles. The van der Waals surface area contributed by atoms with E-state index in [0.717, 1.165) is 32.8 Å². The summed E-state index contributed by atoms with van der Waals surface area (Å²) in [6, 6.07) is 0. The van der Waals surface area contributed by atoms with Crippen LogP contribution in [0.15, 0.2) is 0 Å². The van der Waals surface area contributed by atoms with Crippen LogP contribution in [0.4, 0.5) is 0 Å². The van der Waals surface area contributed by atoms with Crippen molar-refractivity contribution < 1.29 is 33.2 Å². The standard InChI is InChI=1S/C18H31NO7/c1-17(2)22-11-12(24-17)13-14-15(26-18(3,4)25-14)16(23-13)21-10-7-19-5-8-20-9-6-19/h12-16H,5-11H2,1-4H3/t12?,13-,14+,15+,16+/m1/s1. The predicted molar refractivity (Wildman–Crippen MR) is 90.6 cm³/mol. The molecular weight excluding hydrogens is 342 g/mol. The van der Waals surface area contributed by atoms with Gasteiger partial charge < -0.3 is 33.2 Å². The smallest absolute Gasteiger partial charge is 0.187 e. The monoisotopic (exact) mass is 373 g/mol. The molecule has 5 atom stereocenters. The normalized spacial score (nSPS) is 42.2. The predicted octanol–water partition coefficient (Wildman–Crippen LogP) is 0.732. The lowest BCUT2D eigenvalue weighted by Gasteiger charge is -2.28. The van der Waals surface area contributed by atoms with Gasteiger partial charge in [-0.2, -0.15) is 0 Å². The molecule has 0 bridgehead atoms. The first-order chi connectivity index (χ1) is 12.3. The van der Waals surface area contributed by atoms with Crippen molar-refractivity contribution in [3.05, 3.63) is 0 Å². The fourth-order valence-corrected chi connectivity index (χ4v) is 4.02. The number of rotatable bonds is 5. The van der Waals surface area contributed by atoms with Crippen molar-refractivity contribution in [2.24, 2.45) is 0 Å². The van der Waals surface area contributed by atoms with E-state index < -0.39 is 17.9 Å². The first kappa shape index (κ1) is 19.0. The Morgan fingerprint density at radius 2 is 1.65 bits per heavy atom. The molecule has 4 rings (SSSR count). The molecule has 4 heterocycles. The Morgan fingerprint density at radius 3 is 2.35 bits per heavy atom. The van der Waals surface area contributed by atoms with Crippen LogP contribution in [-0.2, 0) is 33.2 Å². The fraction of sp³-hybridized carbons (Fsp3) is 1.00. The van der Waals surface area contributed by atoms with Gasteiger partial charge in [-0.3, -0.25) is 4.90 Å². The van der Waals surface area contributed by atoms with Gasteiger partial charge >= 0.3 is 0 Å². The second kappa shape index (κ2) is 7.25. The molecule has 0 aromatic rings. The average molecular weight is 373 g/mol. The van der Waals surface area contributed by atoms with Crippen LogP contribution in [0.2, 0.25) is 0 Å². The summed E-state index contributed by atoms with van der Waals surface area (Å²) in [5.74, 6) is -1.26. The quantitative estimate of drug-likeness (QED) is 0.699. The van der Waals surface area contributed by atoms with Crippen molar-refractivity contribution in [3.63, 3.8) is 0 Å². The van der Waals surface area contributed by atoms with E-state index in [-0.39, 0.29) is 24.4 Å². The van der Waals surface area contributed by atoms with Crippen molar-refractivity contribution in [1.29, 1.82) is 0 Å². The lowest BCUT2D eigenvalue weighted by atomic mass is 10.1. The van der Waals surface area contributed by atoms with Crippen LogP contribution in [0.25, 0.3) is 0 Å². The van der Waals surface area contributed by atoms with Gasteiger partial charge in [-0.15, -0.1) is 0 Å². The zero-order valence-corrected chi connectivity index (χ0v) is 16.1. The average Bonchev–Trinajstić information content (AvgIpc) is 3.19. The molecule has 8 heteroatoms. The molecule has 0 amide bonds. The molecule has 4 aliphatic rings. The summed E-state index contributed by atoms with van der Waals surface area (Å²) in [6.45, 7) is 13.0. The SMILES string of the molecule is CC1(C)OCC([C@H]2O[C@H](OCCN3CCOCC3)[C@H]3OC(C)(C)O[C@H]32)O1. The summed E-state index contributed by atoms with van der Waals surface area (Å²) >= 11 is 0. The number of hydrogen-bond donors (Lipinski definition) is 0. The topological polar surface area (TPSA) is 67.9 Å². The molecular formula is C18H31NO7. The zero-order valence-electron chi connectivity index (χ0n) is 16.1. The van der Waals surface area contributed by atoms with E-state index in [4.69, 9.17) is 33.2 Å². The van der Waals surface area contributed by atoms with E-state index >= 15 is 0 Å². The highest BCUT2D eigenvalue weighted by Crippen LogP contribution is 2.42. The van der Waals surface area contributed by atoms with E-state index in [9.17, 15) is 0 Å². The summed E-state index contributed by atoms with van der Waals surface area (Å²) in [7, 11) is 0.